The second-order valence-electron chi connectivity index (χ2n) is 3.65. The minimum Gasteiger partial charge on any atom is -0.457 e. The molecule has 1 aromatic carbocycles. The van der Waals surface area contributed by atoms with Gasteiger partial charge in [-0.2, -0.15) is 0 Å². The van der Waals surface area contributed by atoms with E-state index in [1.165, 1.54) is 12.3 Å². The Balaban J connectivity index is 2.15. The third-order valence-electron chi connectivity index (χ3n) is 2.27. The number of nitrogens with two attached hydrogens (primary N) is 1. The molecule has 0 aliphatic heterocycles. The molecule has 6 nitrogen and oxygen atoms in total. The Bertz CT molecular complexity index is 586. The van der Waals surface area contributed by atoms with Crippen LogP contribution < -0.4 is 15.2 Å². The molecular weight excluding hydrogens is 248 g/mol. The minimum absolute atomic E-state index is 0.0417. The number of aromatic nitrogens is 1. The molecule has 2 rings (SSSR count). The largest absolute Gasteiger partial charge is 0.512 e. The number of hydrogen-bond donors (Lipinski definition) is 2. The highest BCUT2D eigenvalue weighted by atomic mass is 16.7. The first-order chi connectivity index (χ1) is 9.17. The molecule has 3 N–H and O–H groups in total. The second-order valence-corrected chi connectivity index (χ2v) is 3.65. The Hall–Kier alpha value is -2.60. The first-order valence-electron chi connectivity index (χ1n) is 5.51. The molecule has 6 heteroatoms. The van der Waals surface area contributed by atoms with E-state index in [0.29, 0.717) is 18.0 Å². The fourth-order valence-electron chi connectivity index (χ4n) is 1.47. The van der Waals surface area contributed by atoms with Crippen LogP contribution in [0.2, 0.25) is 0 Å². The zero-order valence-corrected chi connectivity index (χ0v) is 9.95. The number of carboxylic acid groups (broad SMARTS) is 1. The van der Waals surface area contributed by atoms with Crippen LogP contribution in [0.4, 0.5) is 4.79 Å². The highest BCUT2D eigenvalue weighted by molar-refractivity contribution is 5.60. The molecule has 0 atom stereocenters. The molecular formula is C13H12N2O4. The molecule has 0 bridgehead atoms. The van der Waals surface area contributed by atoms with E-state index in [0.717, 1.165) is 5.56 Å². The number of ether oxygens (including phenoxy) is 2. The van der Waals surface area contributed by atoms with Gasteiger partial charge in [0.25, 0.3) is 0 Å². The van der Waals surface area contributed by atoms with E-state index in [2.05, 4.69) is 9.72 Å². The summed E-state index contributed by atoms with van der Waals surface area (Å²) in [6.07, 6.45) is -0.0183. The molecule has 0 radical (unpaired) electrons. The van der Waals surface area contributed by atoms with Crippen LogP contribution in [0.25, 0.3) is 0 Å². The fourth-order valence-corrected chi connectivity index (χ4v) is 1.47. The van der Waals surface area contributed by atoms with Crippen LogP contribution >= 0.6 is 0 Å². The Morgan fingerprint density at radius 3 is 2.79 bits per heavy atom. The maximum absolute atomic E-state index is 10.4. The van der Waals surface area contributed by atoms with Crippen molar-refractivity contribution in [3.8, 4) is 17.4 Å². The van der Waals surface area contributed by atoms with Gasteiger partial charge in [0, 0.05) is 18.8 Å². The summed E-state index contributed by atoms with van der Waals surface area (Å²) in [5.74, 6) is 0.996. The maximum atomic E-state index is 10.4. The molecule has 98 valence electrons. The van der Waals surface area contributed by atoms with Crippen molar-refractivity contribution in [1.82, 2.24) is 4.98 Å². The lowest BCUT2D eigenvalue weighted by molar-refractivity contribution is 0.142. The lowest BCUT2D eigenvalue weighted by Crippen LogP contribution is -2.04. The van der Waals surface area contributed by atoms with E-state index < -0.39 is 6.16 Å². The molecule has 2 aromatic rings. The van der Waals surface area contributed by atoms with Gasteiger partial charge < -0.3 is 20.3 Å². The Morgan fingerprint density at radius 1 is 1.26 bits per heavy atom. The molecule has 1 aromatic heterocycles. The third kappa shape index (κ3) is 3.68. The van der Waals surface area contributed by atoms with Crippen molar-refractivity contribution in [2.24, 2.45) is 5.73 Å². The molecule has 1 heterocycles. The zero-order chi connectivity index (χ0) is 13.7. The van der Waals surface area contributed by atoms with Crippen molar-refractivity contribution in [3.05, 3.63) is 48.2 Å². The normalized spacial score (nSPS) is 9.95. The standard InChI is InChI=1S/C13H12N2O4/c14-8-9-2-1-3-10(6-9)18-11-4-5-15-12(7-11)19-13(16)17/h1-7H,8,14H2,(H,16,17). The Morgan fingerprint density at radius 2 is 2.05 bits per heavy atom. The highest BCUT2D eigenvalue weighted by Gasteiger charge is 2.05. The van der Waals surface area contributed by atoms with Gasteiger partial charge in [-0.3, -0.25) is 0 Å². The van der Waals surface area contributed by atoms with E-state index in [9.17, 15) is 4.79 Å². The summed E-state index contributed by atoms with van der Waals surface area (Å²) in [6, 6.07) is 10.3. The van der Waals surface area contributed by atoms with Gasteiger partial charge in [0.15, 0.2) is 0 Å². The van der Waals surface area contributed by atoms with E-state index in [4.69, 9.17) is 15.6 Å². The predicted octanol–water partition coefficient (Wildman–Crippen LogP) is 2.39. The first-order valence-corrected chi connectivity index (χ1v) is 5.51. The number of hydrogen-bond acceptors (Lipinski definition) is 5. The van der Waals surface area contributed by atoms with Gasteiger partial charge in [-0.25, -0.2) is 9.78 Å². The van der Waals surface area contributed by atoms with Crippen LogP contribution in [0.5, 0.6) is 17.4 Å². The summed E-state index contributed by atoms with van der Waals surface area (Å²) in [5.41, 5.74) is 6.48. The van der Waals surface area contributed by atoms with Crippen molar-refractivity contribution in [2.45, 2.75) is 6.54 Å². The zero-order valence-electron chi connectivity index (χ0n) is 9.95. The topological polar surface area (TPSA) is 94.7 Å². The maximum Gasteiger partial charge on any atom is 0.512 e. The first kappa shape index (κ1) is 12.8. The summed E-state index contributed by atoms with van der Waals surface area (Å²) in [6.45, 7) is 0.418. The smallest absolute Gasteiger partial charge is 0.457 e. The van der Waals surface area contributed by atoms with Crippen LogP contribution in [-0.2, 0) is 6.54 Å². The monoisotopic (exact) mass is 260 g/mol. The highest BCUT2D eigenvalue weighted by Crippen LogP contribution is 2.24. The van der Waals surface area contributed by atoms with Gasteiger partial charge in [0.2, 0.25) is 5.88 Å². The third-order valence-corrected chi connectivity index (χ3v) is 2.27. The quantitative estimate of drug-likeness (QED) is 0.819. The predicted molar refractivity (Wildman–Crippen MR) is 67.3 cm³/mol. The van der Waals surface area contributed by atoms with Crippen LogP contribution in [0.3, 0.4) is 0 Å². The van der Waals surface area contributed by atoms with Crippen LogP contribution in [0, 0.1) is 0 Å². The number of benzene rings is 1. The van der Waals surface area contributed by atoms with E-state index in [1.54, 1.807) is 18.2 Å². The van der Waals surface area contributed by atoms with Crippen molar-refractivity contribution >= 4 is 6.16 Å². The summed E-state index contributed by atoms with van der Waals surface area (Å²) in [5, 5.41) is 8.50. The van der Waals surface area contributed by atoms with E-state index in [1.807, 2.05) is 12.1 Å². The van der Waals surface area contributed by atoms with Crippen molar-refractivity contribution in [3.63, 3.8) is 0 Å². The molecule has 0 fully saturated rings. The second kappa shape index (κ2) is 5.83. The Labute approximate surface area is 109 Å². The van der Waals surface area contributed by atoms with Gasteiger partial charge >= 0.3 is 6.16 Å². The van der Waals surface area contributed by atoms with E-state index >= 15 is 0 Å². The van der Waals surface area contributed by atoms with Gasteiger partial charge in [-0.05, 0) is 23.8 Å². The molecule has 0 aliphatic carbocycles. The summed E-state index contributed by atoms with van der Waals surface area (Å²) >= 11 is 0. The lowest BCUT2D eigenvalue weighted by atomic mass is 10.2. The van der Waals surface area contributed by atoms with Crippen LogP contribution in [0.1, 0.15) is 5.56 Å². The minimum atomic E-state index is -1.42. The average Bonchev–Trinajstić information content (AvgIpc) is 2.38. The SMILES string of the molecule is NCc1cccc(Oc2ccnc(OC(=O)O)c2)c1. The van der Waals surface area contributed by atoms with Crippen molar-refractivity contribution in [1.29, 1.82) is 0 Å². The molecule has 0 unspecified atom stereocenters. The summed E-state index contributed by atoms with van der Waals surface area (Å²) in [4.78, 5) is 14.2. The lowest BCUT2D eigenvalue weighted by Gasteiger charge is -2.07. The van der Waals surface area contributed by atoms with Crippen molar-refractivity contribution < 1.29 is 19.4 Å². The molecule has 0 amide bonds. The fraction of sp³-hybridized carbons (Fsp3) is 0.0769. The number of nitrogens with zero attached hydrogens (tertiary/aromatic N) is 1. The molecule has 0 aliphatic rings. The van der Waals surface area contributed by atoms with Crippen LogP contribution in [0.15, 0.2) is 42.6 Å². The number of carbonyl (C=O) groups is 1. The average molecular weight is 260 g/mol. The number of pyridine rings is 1. The summed E-state index contributed by atoms with van der Waals surface area (Å²) < 4.78 is 10.0. The van der Waals surface area contributed by atoms with Gasteiger partial charge in [-0.1, -0.05) is 12.1 Å². The summed E-state index contributed by atoms with van der Waals surface area (Å²) in [7, 11) is 0. The van der Waals surface area contributed by atoms with E-state index in [-0.39, 0.29) is 5.88 Å². The van der Waals surface area contributed by atoms with Gasteiger partial charge in [0.1, 0.15) is 11.5 Å². The molecule has 0 spiro atoms. The Kier molecular flexibility index (Phi) is 3.94. The molecule has 19 heavy (non-hydrogen) atoms. The van der Waals surface area contributed by atoms with Gasteiger partial charge in [0.05, 0.1) is 0 Å². The van der Waals surface area contributed by atoms with Gasteiger partial charge in [-0.15, -0.1) is 0 Å². The molecule has 0 saturated carbocycles. The molecule has 0 saturated heterocycles. The number of rotatable bonds is 4. The van der Waals surface area contributed by atoms with Crippen LogP contribution in [-0.4, -0.2) is 16.2 Å². The van der Waals surface area contributed by atoms with Crippen molar-refractivity contribution in [2.75, 3.05) is 0 Å².